The molecule has 0 spiro atoms. The molecule has 1 rings (SSSR count). The Bertz CT molecular complexity index is 529. The van der Waals surface area contributed by atoms with Crippen LogP contribution in [0.3, 0.4) is 0 Å². The van der Waals surface area contributed by atoms with Gasteiger partial charge in [-0.1, -0.05) is 19.1 Å². The van der Waals surface area contributed by atoms with Gasteiger partial charge in [0.15, 0.2) is 0 Å². The van der Waals surface area contributed by atoms with Gasteiger partial charge in [0, 0.05) is 25.2 Å². The molecule has 3 N–H and O–H groups in total. The lowest BCUT2D eigenvalue weighted by atomic mass is 10.1. The molecule has 0 aliphatic heterocycles. The number of likely N-dealkylation sites (N-methyl/N-ethyl adjacent to an activating group) is 1. The molecule has 0 heterocycles. The van der Waals surface area contributed by atoms with Crippen LogP contribution in [-0.4, -0.2) is 35.6 Å². The second kappa shape index (κ2) is 8.70. The Balaban J connectivity index is 2.76. The summed E-state index contributed by atoms with van der Waals surface area (Å²) in [5.41, 5.74) is 1.15. The summed E-state index contributed by atoms with van der Waals surface area (Å²) in [4.78, 5) is 21.0. The standard InChI is InChI=1S/C14H19N3O4/c1-2-15-8-9-16-12-7-6-11(4-3-5-14(18)19)10-13(12)17(20)21/h3,5-7,10,15-16H,2,4,8-9H2,1H3,(H,18,19). The van der Waals surface area contributed by atoms with Gasteiger partial charge in [0.2, 0.25) is 0 Å². The van der Waals surface area contributed by atoms with Gasteiger partial charge in [-0.05, 0) is 24.6 Å². The first kappa shape index (κ1) is 16.6. The maximum Gasteiger partial charge on any atom is 0.327 e. The van der Waals surface area contributed by atoms with Gasteiger partial charge in [-0.15, -0.1) is 0 Å². The Morgan fingerprint density at radius 3 is 2.81 bits per heavy atom. The molecule has 0 aromatic heterocycles. The van der Waals surface area contributed by atoms with Crippen molar-refractivity contribution < 1.29 is 14.8 Å². The molecule has 0 bridgehead atoms. The Morgan fingerprint density at radius 2 is 2.19 bits per heavy atom. The molecule has 7 nitrogen and oxygen atoms in total. The quantitative estimate of drug-likeness (QED) is 0.277. The first-order chi connectivity index (χ1) is 10.0. The summed E-state index contributed by atoms with van der Waals surface area (Å²) < 4.78 is 0. The van der Waals surface area contributed by atoms with E-state index in [4.69, 9.17) is 5.11 Å². The lowest BCUT2D eigenvalue weighted by Gasteiger charge is -2.08. The van der Waals surface area contributed by atoms with Crippen LogP contribution in [0.25, 0.3) is 0 Å². The number of carboxylic acid groups (broad SMARTS) is 1. The molecule has 0 fully saturated rings. The number of carboxylic acids is 1. The summed E-state index contributed by atoms with van der Waals surface area (Å²) in [5.74, 6) is -1.04. The van der Waals surface area contributed by atoms with Crippen LogP contribution in [0.1, 0.15) is 12.5 Å². The monoisotopic (exact) mass is 293 g/mol. The van der Waals surface area contributed by atoms with Gasteiger partial charge in [-0.3, -0.25) is 10.1 Å². The summed E-state index contributed by atoms with van der Waals surface area (Å²) in [6, 6.07) is 4.85. The van der Waals surface area contributed by atoms with Gasteiger partial charge in [0.05, 0.1) is 4.92 Å². The van der Waals surface area contributed by atoms with E-state index in [1.165, 1.54) is 12.1 Å². The smallest absolute Gasteiger partial charge is 0.327 e. The van der Waals surface area contributed by atoms with Crippen molar-refractivity contribution in [1.82, 2.24) is 5.32 Å². The van der Waals surface area contributed by atoms with Crippen LogP contribution in [-0.2, 0) is 11.2 Å². The maximum atomic E-state index is 11.1. The van der Waals surface area contributed by atoms with Crippen molar-refractivity contribution in [1.29, 1.82) is 0 Å². The first-order valence-corrected chi connectivity index (χ1v) is 6.66. The van der Waals surface area contributed by atoms with E-state index < -0.39 is 10.9 Å². The zero-order chi connectivity index (χ0) is 15.7. The highest BCUT2D eigenvalue weighted by atomic mass is 16.6. The van der Waals surface area contributed by atoms with E-state index in [0.717, 1.165) is 19.2 Å². The summed E-state index contributed by atoms with van der Waals surface area (Å²) in [6.07, 6.45) is 2.82. The maximum absolute atomic E-state index is 11.1. The van der Waals surface area contributed by atoms with Crippen molar-refractivity contribution in [3.05, 3.63) is 46.0 Å². The van der Waals surface area contributed by atoms with Crippen molar-refractivity contribution >= 4 is 17.3 Å². The molecule has 0 radical (unpaired) electrons. The molecule has 7 heteroatoms. The molecular formula is C14H19N3O4. The summed E-state index contributed by atoms with van der Waals surface area (Å²) >= 11 is 0. The van der Waals surface area contributed by atoms with Crippen LogP contribution in [0.5, 0.6) is 0 Å². The minimum atomic E-state index is -1.04. The molecule has 0 unspecified atom stereocenters. The van der Waals surface area contributed by atoms with E-state index in [-0.39, 0.29) is 5.69 Å². The van der Waals surface area contributed by atoms with Crippen molar-refractivity contribution in [2.45, 2.75) is 13.3 Å². The van der Waals surface area contributed by atoms with Gasteiger partial charge >= 0.3 is 5.97 Å². The number of hydrogen-bond donors (Lipinski definition) is 3. The first-order valence-electron chi connectivity index (χ1n) is 6.66. The van der Waals surface area contributed by atoms with Gasteiger partial charge in [0.25, 0.3) is 5.69 Å². The van der Waals surface area contributed by atoms with Crippen molar-refractivity contribution in [3.8, 4) is 0 Å². The third-order valence-corrected chi connectivity index (χ3v) is 2.74. The van der Waals surface area contributed by atoms with E-state index in [0.29, 0.717) is 24.2 Å². The fourth-order valence-corrected chi connectivity index (χ4v) is 1.76. The molecular weight excluding hydrogens is 274 g/mol. The average molecular weight is 293 g/mol. The summed E-state index contributed by atoms with van der Waals surface area (Å²) in [7, 11) is 0. The Labute approximate surface area is 122 Å². The molecule has 1 aromatic carbocycles. The molecule has 0 atom stereocenters. The summed E-state index contributed by atoms with van der Waals surface area (Å²) in [6.45, 7) is 4.14. The summed E-state index contributed by atoms with van der Waals surface area (Å²) in [5, 5.41) is 25.7. The number of anilines is 1. The third-order valence-electron chi connectivity index (χ3n) is 2.74. The molecule has 0 saturated heterocycles. The number of allylic oxidation sites excluding steroid dienone is 1. The van der Waals surface area contributed by atoms with Crippen molar-refractivity contribution in [2.75, 3.05) is 25.0 Å². The predicted molar refractivity (Wildman–Crippen MR) is 80.6 cm³/mol. The number of carbonyl (C=O) groups is 1. The molecule has 0 saturated carbocycles. The van der Waals surface area contributed by atoms with E-state index in [9.17, 15) is 14.9 Å². The van der Waals surface area contributed by atoms with Crippen LogP contribution < -0.4 is 10.6 Å². The highest BCUT2D eigenvalue weighted by Gasteiger charge is 2.13. The van der Waals surface area contributed by atoms with Gasteiger partial charge in [0.1, 0.15) is 5.69 Å². The third kappa shape index (κ3) is 6.05. The van der Waals surface area contributed by atoms with E-state index in [1.807, 2.05) is 6.92 Å². The largest absolute Gasteiger partial charge is 0.478 e. The SMILES string of the molecule is CCNCCNc1ccc(CC=CC(=O)O)cc1[N+](=O)[O-]. The van der Waals surface area contributed by atoms with Gasteiger partial charge in [-0.2, -0.15) is 0 Å². The van der Waals surface area contributed by atoms with Crippen molar-refractivity contribution in [3.63, 3.8) is 0 Å². The number of hydrogen-bond acceptors (Lipinski definition) is 5. The fraction of sp³-hybridized carbons (Fsp3) is 0.357. The normalized spacial score (nSPS) is 10.7. The number of benzene rings is 1. The fourth-order valence-electron chi connectivity index (χ4n) is 1.76. The van der Waals surface area contributed by atoms with Crippen molar-refractivity contribution in [2.24, 2.45) is 0 Å². The molecule has 0 aliphatic carbocycles. The topological polar surface area (TPSA) is 104 Å². The molecule has 21 heavy (non-hydrogen) atoms. The van der Waals surface area contributed by atoms with Gasteiger partial charge < -0.3 is 15.7 Å². The molecule has 114 valence electrons. The zero-order valence-corrected chi connectivity index (χ0v) is 11.8. The van der Waals surface area contributed by atoms with Gasteiger partial charge in [-0.25, -0.2) is 4.79 Å². The highest BCUT2D eigenvalue weighted by Crippen LogP contribution is 2.25. The number of nitro benzene ring substituents is 1. The minimum Gasteiger partial charge on any atom is -0.478 e. The van der Waals surface area contributed by atoms with E-state index in [1.54, 1.807) is 12.1 Å². The second-order valence-corrected chi connectivity index (χ2v) is 4.33. The lowest BCUT2D eigenvalue weighted by molar-refractivity contribution is -0.384. The number of rotatable bonds is 9. The van der Waals surface area contributed by atoms with Crippen LogP contribution in [0.2, 0.25) is 0 Å². The predicted octanol–water partition coefficient (Wildman–Crippen LogP) is 1.80. The average Bonchev–Trinajstić information content (AvgIpc) is 2.44. The zero-order valence-electron chi connectivity index (χ0n) is 11.8. The molecule has 1 aromatic rings. The number of nitrogens with one attached hydrogen (secondary N) is 2. The van der Waals surface area contributed by atoms with Crippen LogP contribution in [0.4, 0.5) is 11.4 Å². The van der Waals surface area contributed by atoms with Crippen LogP contribution in [0.15, 0.2) is 30.4 Å². The number of nitrogens with zero attached hydrogens (tertiary/aromatic N) is 1. The van der Waals surface area contributed by atoms with Crippen LogP contribution in [0, 0.1) is 10.1 Å². The van der Waals surface area contributed by atoms with E-state index >= 15 is 0 Å². The molecule has 0 amide bonds. The second-order valence-electron chi connectivity index (χ2n) is 4.33. The highest BCUT2D eigenvalue weighted by molar-refractivity contribution is 5.79. The Morgan fingerprint density at radius 1 is 1.43 bits per heavy atom. The van der Waals surface area contributed by atoms with E-state index in [2.05, 4.69) is 10.6 Å². The Kier molecular flexibility index (Phi) is 6.90. The Hall–Kier alpha value is -2.41. The number of nitro groups is 1. The number of aliphatic carboxylic acids is 1. The molecule has 0 aliphatic rings. The van der Waals surface area contributed by atoms with Crippen LogP contribution >= 0.6 is 0 Å². The minimum absolute atomic E-state index is 0.00674. The lowest BCUT2D eigenvalue weighted by Crippen LogP contribution is -2.21.